The van der Waals surface area contributed by atoms with Crippen molar-refractivity contribution in [1.29, 1.82) is 0 Å². The van der Waals surface area contributed by atoms with E-state index in [2.05, 4.69) is 463 Å². The van der Waals surface area contributed by atoms with Crippen molar-refractivity contribution in [3.63, 3.8) is 0 Å². The fourth-order valence-corrected chi connectivity index (χ4v) is 16.6. The first kappa shape index (κ1) is 88.2. The molecule has 0 saturated heterocycles. The average molecular weight is 1610 g/mol. The van der Waals surface area contributed by atoms with Crippen molar-refractivity contribution in [1.82, 2.24) is 4.98 Å². The Balaban J connectivity index is 0.000000125. The molecule has 3 heterocycles. The Bertz CT molecular complexity index is 6560. The lowest BCUT2D eigenvalue weighted by molar-refractivity contribution is 0.668. The molecule has 0 aliphatic heterocycles. The molecule has 0 radical (unpaired) electrons. The molecule has 122 heavy (non-hydrogen) atoms. The molecule has 21 rings (SSSR count). The average Bonchev–Trinajstić information content (AvgIpc) is 1.56. The van der Waals surface area contributed by atoms with E-state index in [9.17, 15) is 0 Å². The van der Waals surface area contributed by atoms with Crippen LogP contribution in [0.5, 0.6) is 0 Å². The van der Waals surface area contributed by atoms with Crippen LogP contribution >= 0.6 is 11.3 Å². The summed E-state index contributed by atoms with van der Waals surface area (Å²) in [5.74, 6) is 0. The summed E-state index contributed by atoms with van der Waals surface area (Å²) in [6.45, 7) is 42.4. The minimum absolute atomic E-state index is 0.982. The number of nitrogens with zero attached hydrogens (tertiary/aromatic N) is 1. The van der Waals surface area contributed by atoms with Crippen molar-refractivity contribution in [3.05, 3.63) is 457 Å². The molecule has 3 aromatic heterocycles. The van der Waals surface area contributed by atoms with E-state index < -0.39 is 0 Å². The van der Waals surface area contributed by atoms with Gasteiger partial charge in [0.15, 0.2) is 0 Å². The number of hydrogen-bond donors (Lipinski definition) is 0. The Hall–Kier alpha value is -13.1. The van der Waals surface area contributed by atoms with Crippen LogP contribution in [0.3, 0.4) is 0 Å². The second-order valence-electron chi connectivity index (χ2n) is 33.3. The van der Waals surface area contributed by atoms with Gasteiger partial charge in [-0.3, -0.25) is 4.98 Å². The number of hydrogen-bond acceptors (Lipinski definition) is 3. The highest BCUT2D eigenvalue weighted by molar-refractivity contribution is 7.25. The zero-order valence-electron chi connectivity index (χ0n) is 75.2. The monoisotopic (exact) mass is 1610 g/mol. The van der Waals surface area contributed by atoms with Crippen molar-refractivity contribution >= 4 is 129 Å². The topological polar surface area (TPSA) is 26.0 Å². The standard InChI is InChI=1S/2C16H14.C14H12O.C14H12S.3C12H12.2C8H10.C7H9N/c1-11-3-7-15-13(9-11)5-6-14-10-12(2)4-8-16(14)15;1-11-7-8-12(2)16-10-14-6-4-3-5-13(14)9-15(11)16;2*1-9-3-5-11-12-6-4-10(2)8-14(12)15-13(11)7-9;1-9-3-5-12-8-10(2)4-6-11(12)7-9;1-9-5-3-8-12-10(2)6-4-7-11(9)12;1-9-7-8-10(2)12-6-4-3-5-11(9)12;1-7-3-5-8(2)6-4-7;1-7-4-3-5-8(2)6-7;1-6-3-4-7(2)8-5-6/h2*3-10H,1-2H3;2*3-8H,1-2H3;3*3-8H,1-2H3;2*3-6H,1-2H3;3-5H,1-2H3. The number of thiophene rings is 1. The maximum absolute atomic E-state index is 5.81. The third-order valence-corrected chi connectivity index (χ3v) is 23.5. The van der Waals surface area contributed by atoms with E-state index in [1.165, 1.54) is 212 Å². The predicted octanol–water partition coefficient (Wildman–Crippen LogP) is 34.8. The van der Waals surface area contributed by atoms with Crippen molar-refractivity contribution < 1.29 is 4.42 Å². The number of benzene rings is 18. The Morgan fingerprint density at radius 3 is 0.820 bits per heavy atom. The van der Waals surface area contributed by atoms with E-state index in [1.54, 1.807) is 0 Å². The number of aryl methyl sites for hydroxylation is 20. The van der Waals surface area contributed by atoms with Gasteiger partial charge in [0.1, 0.15) is 11.2 Å². The first-order valence-corrected chi connectivity index (χ1v) is 43.4. The van der Waals surface area contributed by atoms with E-state index in [-0.39, 0.29) is 0 Å². The Morgan fingerprint density at radius 1 is 0.172 bits per heavy atom. The third kappa shape index (κ3) is 23.5. The van der Waals surface area contributed by atoms with E-state index in [0.717, 1.165) is 16.9 Å². The van der Waals surface area contributed by atoms with E-state index in [4.69, 9.17) is 4.42 Å². The minimum atomic E-state index is 0.982. The van der Waals surface area contributed by atoms with Crippen LogP contribution in [0.2, 0.25) is 0 Å². The summed E-state index contributed by atoms with van der Waals surface area (Å²) in [6.07, 6.45) is 1.87. The Kier molecular flexibility index (Phi) is 29.9. The predicted molar refractivity (Wildman–Crippen MR) is 540 cm³/mol. The highest BCUT2D eigenvalue weighted by Gasteiger charge is 2.10. The molecule has 0 N–H and O–H groups in total. The smallest absolute Gasteiger partial charge is 0.135 e. The van der Waals surface area contributed by atoms with Crippen molar-refractivity contribution in [2.75, 3.05) is 0 Å². The molecule has 0 aliphatic carbocycles. The van der Waals surface area contributed by atoms with Crippen LogP contribution in [0, 0.1) is 138 Å². The van der Waals surface area contributed by atoms with Gasteiger partial charge in [0.25, 0.3) is 0 Å². The molecule has 21 aromatic rings. The number of rotatable bonds is 0. The second kappa shape index (κ2) is 41.3. The second-order valence-corrected chi connectivity index (χ2v) is 34.4. The lowest BCUT2D eigenvalue weighted by Crippen LogP contribution is -1.83. The first-order valence-electron chi connectivity index (χ1n) is 42.6. The van der Waals surface area contributed by atoms with Gasteiger partial charge in [-0.15, -0.1) is 11.3 Å². The van der Waals surface area contributed by atoms with Gasteiger partial charge in [0.2, 0.25) is 0 Å². The molecule has 2 nitrogen and oxygen atoms in total. The summed E-state index contributed by atoms with van der Waals surface area (Å²) in [5, 5.41) is 24.1. The van der Waals surface area contributed by atoms with Crippen molar-refractivity contribution in [2.24, 2.45) is 0 Å². The number of furan rings is 1. The molecule has 0 fully saturated rings. The minimum Gasteiger partial charge on any atom is -0.456 e. The molecule has 3 heteroatoms. The third-order valence-electron chi connectivity index (χ3n) is 22.4. The molecule has 0 spiro atoms. The lowest BCUT2D eigenvalue weighted by atomic mass is 9.97. The molecule has 0 unspecified atom stereocenters. The van der Waals surface area contributed by atoms with Gasteiger partial charge in [-0.2, -0.15) is 0 Å². The van der Waals surface area contributed by atoms with Crippen LogP contribution in [0.15, 0.2) is 350 Å². The van der Waals surface area contributed by atoms with Gasteiger partial charge in [-0.25, -0.2) is 0 Å². The Morgan fingerprint density at radius 2 is 0.451 bits per heavy atom. The largest absolute Gasteiger partial charge is 0.456 e. The highest BCUT2D eigenvalue weighted by atomic mass is 32.1. The highest BCUT2D eigenvalue weighted by Crippen LogP contribution is 2.36. The molecule has 0 saturated carbocycles. The molecule has 0 aliphatic rings. The van der Waals surface area contributed by atoms with Gasteiger partial charge in [-0.05, 0) is 318 Å². The summed E-state index contributed by atoms with van der Waals surface area (Å²) in [7, 11) is 0. The molecule has 610 valence electrons. The van der Waals surface area contributed by atoms with Crippen LogP contribution in [0.1, 0.15) is 111 Å². The van der Waals surface area contributed by atoms with Gasteiger partial charge >= 0.3 is 0 Å². The van der Waals surface area contributed by atoms with E-state index >= 15 is 0 Å². The summed E-state index contributed by atoms with van der Waals surface area (Å²) in [5.41, 5.74) is 28.2. The zero-order valence-corrected chi connectivity index (χ0v) is 76.0. The fraction of sp³-hybridized carbons (Fsp3) is 0.168. The lowest BCUT2D eigenvalue weighted by Gasteiger charge is -2.07. The van der Waals surface area contributed by atoms with Gasteiger partial charge in [0, 0.05) is 42.8 Å². The normalized spacial score (nSPS) is 10.6. The van der Waals surface area contributed by atoms with Crippen molar-refractivity contribution in [2.45, 2.75) is 138 Å². The number of fused-ring (bicyclic) bond motifs is 14. The van der Waals surface area contributed by atoms with Gasteiger partial charge in [-0.1, -0.05) is 342 Å². The van der Waals surface area contributed by atoms with Crippen LogP contribution in [-0.2, 0) is 0 Å². The Labute approximate surface area is 728 Å². The van der Waals surface area contributed by atoms with Crippen molar-refractivity contribution in [3.8, 4) is 0 Å². The quantitative estimate of drug-likeness (QED) is 0.112. The summed E-state index contributed by atoms with van der Waals surface area (Å²) in [4.78, 5) is 4.08. The van der Waals surface area contributed by atoms with Crippen LogP contribution in [-0.4, -0.2) is 4.98 Å². The summed E-state index contributed by atoms with van der Waals surface area (Å²) < 4.78 is 8.61. The number of pyridine rings is 1. The van der Waals surface area contributed by atoms with Crippen LogP contribution in [0.4, 0.5) is 0 Å². The first-order chi connectivity index (χ1) is 58.7. The summed E-state index contributed by atoms with van der Waals surface area (Å²) >= 11 is 1.89. The molecule has 0 amide bonds. The van der Waals surface area contributed by atoms with Gasteiger partial charge < -0.3 is 4.42 Å². The van der Waals surface area contributed by atoms with E-state index in [1.807, 2.05) is 37.4 Å². The molecule has 0 bridgehead atoms. The maximum atomic E-state index is 5.81. The zero-order chi connectivity index (χ0) is 86.7. The van der Waals surface area contributed by atoms with E-state index in [0.29, 0.717) is 0 Å². The SMILES string of the molecule is Cc1ccc(C)c2cc3ccccc3cc12.Cc1ccc(C)c2ccccc12.Cc1ccc(C)cc1.Cc1ccc(C)nc1.Cc1ccc2c(c1)oc1cc(C)ccc12.Cc1ccc2c(c1)sc1cc(C)ccc12.Cc1ccc2c(ccc3cc(C)ccc32)c1.Cc1ccc2cc(C)ccc2c1.Cc1cccc(C)c1.Cc1cccc2c(C)cccc12. The molecular formula is C119H117NOS. The number of aromatic nitrogens is 1. The van der Waals surface area contributed by atoms with Crippen LogP contribution in [0.25, 0.3) is 118 Å². The maximum Gasteiger partial charge on any atom is 0.135 e. The summed E-state index contributed by atoms with van der Waals surface area (Å²) in [6, 6.07) is 121. The van der Waals surface area contributed by atoms with Crippen LogP contribution < -0.4 is 0 Å². The molecule has 18 aromatic carbocycles. The van der Waals surface area contributed by atoms with Gasteiger partial charge in [0.05, 0.1) is 0 Å². The molecular weight excluding hydrogens is 1490 g/mol. The molecule has 0 atom stereocenters. The fourth-order valence-electron chi connectivity index (χ4n) is 15.3.